The van der Waals surface area contributed by atoms with Crippen molar-refractivity contribution >= 4 is 17.7 Å². The molecule has 0 atom stereocenters. The molecule has 2 rings (SSSR count). The first-order valence-electron chi connectivity index (χ1n) is 6.56. The van der Waals surface area contributed by atoms with Gasteiger partial charge in [0.05, 0.1) is 0 Å². The topological polar surface area (TPSA) is 66.0 Å². The fourth-order valence-electron chi connectivity index (χ4n) is 1.97. The molecule has 0 bridgehead atoms. The smallest absolute Gasteiger partial charge is 0.266 e. The molecule has 2 aromatic rings. The van der Waals surface area contributed by atoms with E-state index in [0.717, 1.165) is 16.9 Å². The van der Waals surface area contributed by atoms with Crippen molar-refractivity contribution in [1.29, 1.82) is 5.26 Å². The molecule has 0 fully saturated rings. The number of rotatable bonds is 3. The van der Waals surface area contributed by atoms with Gasteiger partial charge in [-0.1, -0.05) is 17.7 Å². The van der Waals surface area contributed by atoms with E-state index in [4.69, 9.17) is 9.68 Å². The first kappa shape index (κ1) is 14.6. The molecule has 1 aromatic heterocycles. The minimum Gasteiger partial charge on any atom is -0.462 e. The fraction of sp³-hybridized carbons (Fsp3) is 0.176. The third-order valence-electron chi connectivity index (χ3n) is 3.04. The van der Waals surface area contributed by atoms with Crippen LogP contribution in [0.15, 0.2) is 40.3 Å². The van der Waals surface area contributed by atoms with E-state index in [2.05, 4.69) is 5.32 Å². The molecule has 4 nitrogen and oxygen atoms in total. The summed E-state index contributed by atoms with van der Waals surface area (Å²) in [7, 11) is 0. The zero-order chi connectivity index (χ0) is 15.4. The van der Waals surface area contributed by atoms with Crippen molar-refractivity contribution in [3.8, 4) is 6.07 Å². The summed E-state index contributed by atoms with van der Waals surface area (Å²) in [6, 6.07) is 11.1. The Morgan fingerprint density at radius 3 is 2.57 bits per heavy atom. The third kappa shape index (κ3) is 3.61. The molecule has 4 heteroatoms. The number of nitriles is 1. The molecule has 0 aliphatic heterocycles. The average molecular weight is 280 g/mol. The second-order valence-corrected chi connectivity index (χ2v) is 4.89. The number of anilines is 1. The van der Waals surface area contributed by atoms with E-state index in [1.54, 1.807) is 19.1 Å². The number of furan rings is 1. The van der Waals surface area contributed by atoms with Crippen LogP contribution in [0.4, 0.5) is 5.69 Å². The standard InChI is InChI=1S/C17H16N2O2/c1-11-4-7-16(12(2)8-11)19-17(20)14(10-18)9-15-6-5-13(3)21-15/h4-9H,1-3H3,(H,19,20)/b14-9+. The van der Waals surface area contributed by atoms with Gasteiger partial charge in [0.1, 0.15) is 23.2 Å². The van der Waals surface area contributed by atoms with Gasteiger partial charge in [0.2, 0.25) is 0 Å². The normalized spacial score (nSPS) is 11.0. The summed E-state index contributed by atoms with van der Waals surface area (Å²) in [6.07, 6.45) is 1.44. The van der Waals surface area contributed by atoms with Crippen molar-refractivity contribution < 1.29 is 9.21 Å². The number of benzene rings is 1. The number of hydrogen-bond donors (Lipinski definition) is 1. The van der Waals surface area contributed by atoms with E-state index in [0.29, 0.717) is 11.4 Å². The Balaban J connectivity index is 2.21. The number of hydrogen-bond acceptors (Lipinski definition) is 3. The number of amides is 1. The van der Waals surface area contributed by atoms with Crippen LogP contribution in [0.3, 0.4) is 0 Å². The number of nitrogens with zero attached hydrogens (tertiary/aromatic N) is 1. The Labute approximate surface area is 123 Å². The maximum atomic E-state index is 12.1. The fourth-order valence-corrected chi connectivity index (χ4v) is 1.97. The maximum absolute atomic E-state index is 12.1. The van der Waals surface area contributed by atoms with Crippen molar-refractivity contribution in [1.82, 2.24) is 0 Å². The van der Waals surface area contributed by atoms with Gasteiger partial charge in [-0.2, -0.15) is 5.26 Å². The monoisotopic (exact) mass is 280 g/mol. The van der Waals surface area contributed by atoms with Gasteiger partial charge >= 0.3 is 0 Å². The zero-order valence-electron chi connectivity index (χ0n) is 12.2. The highest BCUT2D eigenvalue weighted by molar-refractivity contribution is 6.09. The van der Waals surface area contributed by atoms with Crippen LogP contribution >= 0.6 is 0 Å². The van der Waals surface area contributed by atoms with E-state index >= 15 is 0 Å². The zero-order valence-corrected chi connectivity index (χ0v) is 12.2. The highest BCUT2D eigenvalue weighted by Gasteiger charge is 2.11. The van der Waals surface area contributed by atoms with Gasteiger partial charge in [-0.15, -0.1) is 0 Å². The molecule has 21 heavy (non-hydrogen) atoms. The molecule has 1 N–H and O–H groups in total. The summed E-state index contributed by atoms with van der Waals surface area (Å²) in [5.74, 6) is 0.770. The van der Waals surface area contributed by atoms with Gasteiger partial charge in [-0.3, -0.25) is 4.79 Å². The van der Waals surface area contributed by atoms with Gasteiger partial charge in [0.25, 0.3) is 5.91 Å². The van der Waals surface area contributed by atoms with E-state index in [-0.39, 0.29) is 5.57 Å². The van der Waals surface area contributed by atoms with Crippen LogP contribution in [-0.2, 0) is 4.79 Å². The first-order chi connectivity index (χ1) is 9.99. The van der Waals surface area contributed by atoms with Crippen LogP contribution in [0.25, 0.3) is 6.08 Å². The van der Waals surface area contributed by atoms with Crippen LogP contribution in [0.2, 0.25) is 0 Å². The molecular formula is C17H16N2O2. The quantitative estimate of drug-likeness (QED) is 0.687. The lowest BCUT2D eigenvalue weighted by atomic mass is 10.1. The van der Waals surface area contributed by atoms with Gasteiger partial charge in [-0.05, 0) is 44.5 Å². The van der Waals surface area contributed by atoms with Crippen molar-refractivity contribution in [2.45, 2.75) is 20.8 Å². The Bertz CT molecular complexity index is 748. The van der Waals surface area contributed by atoms with Crippen LogP contribution in [0, 0.1) is 32.1 Å². The third-order valence-corrected chi connectivity index (χ3v) is 3.04. The SMILES string of the molecule is Cc1ccc(NC(=O)/C(C#N)=C/c2ccc(C)o2)c(C)c1. The number of carbonyl (C=O) groups excluding carboxylic acids is 1. The van der Waals surface area contributed by atoms with Crippen molar-refractivity contribution in [3.05, 3.63) is 58.6 Å². The van der Waals surface area contributed by atoms with E-state index in [1.165, 1.54) is 6.08 Å². The van der Waals surface area contributed by atoms with Gasteiger partial charge in [0, 0.05) is 11.8 Å². The molecule has 1 heterocycles. The lowest BCUT2D eigenvalue weighted by Crippen LogP contribution is -2.14. The molecule has 106 valence electrons. The van der Waals surface area contributed by atoms with Gasteiger partial charge in [0.15, 0.2) is 0 Å². The molecule has 0 saturated carbocycles. The van der Waals surface area contributed by atoms with Crippen LogP contribution < -0.4 is 5.32 Å². The first-order valence-corrected chi connectivity index (χ1v) is 6.56. The molecule has 1 aromatic carbocycles. The van der Waals surface area contributed by atoms with E-state index < -0.39 is 5.91 Å². The molecule has 1 amide bonds. The second-order valence-electron chi connectivity index (χ2n) is 4.89. The second kappa shape index (κ2) is 6.10. The van der Waals surface area contributed by atoms with Crippen LogP contribution in [0.5, 0.6) is 0 Å². The Kier molecular flexibility index (Phi) is 4.24. The van der Waals surface area contributed by atoms with E-state index in [1.807, 2.05) is 38.1 Å². The Hall–Kier alpha value is -2.80. The molecule has 0 spiro atoms. The average Bonchev–Trinajstić information content (AvgIpc) is 2.84. The molecular weight excluding hydrogens is 264 g/mol. The largest absolute Gasteiger partial charge is 0.462 e. The number of carbonyl (C=O) groups is 1. The predicted molar refractivity (Wildman–Crippen MR) is 81.6 cm³/mol. The van der Waals surface area contributed by atoms with Crippen LogP contribution in [-0.4, -0.2) is 5.91 Å². The number of nitrogens with one attached hydrogen (secondary N) is 1. The van der Waals surface area contributed by atoms with Crippen molar-refractivity contribution in [3.63, 3.8) is 0 Å². The lowest BCUT2D eigenvalue weighted by Gasteiger charge is -2.08. The minimum absolute atomic E-state index is 0.00400. The summed E-state index contributed by atoms with van der Waals surface area (Å²) in [5.41, 5.74) is 2.77. The van der Waals surface area contributed by atoms with Crippen LogP contribution in [0.1, 0.15) is 22.6 Å². The summed E-state index contributed by atoms with van der Waals surface area (Å²) in [4.78, 5) is 12.1. The Morgan fingerprint density at radius 2 is 2.00 bits per heavy atom. The van der Waals surface area contributed by atoms with Crippen molar-refractivity contribution in [2.75, 3.05) is 5.32 Å². The Morgan fingerprint density at radius 1 is 1.24 bits per heavy atom. The molecule has 0 aliphatic rings. The minimum atomic E-state index is -0.446. The van der Waals surface area contributed by atoms with Gasteiger partial charge in [-0.25, -0.2) is 0 Å². The molecule has 0 radical (unpaired) electrons. The highest BCUT2D eigenvalue weighted by atomic mass is 16.3. The summed E-state index contributed by atoms with van der Waals surface area (Å²) < 4.78 is 5.35. The highest BCUT2D eigenvalue weighted by Crippen LogP contribution is 2.18. The molecule has 0 aliphatic carbocycles. The predicted octanol–water partition coefficient (Wildman–Crippen LogP) is 3.75. The molecule has 0 unspecified atom stereocenters. The summed E-state index contributed by atoms with van der Waals surface area (Å²) in [6.45, 7) is 5.70. The number of aryl methyl sites for hydroxylation is 3. The lowest BCUT2D eigenvalue weighted by molar-refractivity contribution is -0.112. The summed E-state index contributed by atoms with van der Waals surface area (Å²) in [5, 5.41) is 11.9. The van der Waals surface area contributed by atoms with Crippen molar-refractivity contribution in [2.24, 2.45) is 0 Å². The van der Waals surface area contributed by atoms with E-state index in [9.17, 15) is 4.79 Å². The maximum Gasteiger partial charge on any atom is 0.266 e. The molecule has 0 saturated heterocycles. The van der Waals surface area contributed by atoms with Gasteiger partial charge < -0.3 is 9.73 Å². The summed E-state index contributed by atoms with van der Waals surface area (Å²) >= 11 is 0.